The number of carboxylic acids is 1. The van der Waals surface area contributed by atoms with Crippen molar-refractivity contribution in [1.82, 2.24) is 5.32 Å². The van der Waals surface area contributed by atoms with Crippen LogP contribution in [0.3, 0.4) is 0 Å². The molecule has 6 nitrogen and oxygen atoms in total. The second kappa shape index (κ2) is 23.1. The number of quaternary nitrogens is 1. The monoisotopic (exact) mass is 499 g/mol. The zero-order valence-electron chi connectivity index (χ0n) is 23.8. The highest BCUT2D eigenvalue weighted by molar-refractivity contribution is 5.67. The maximum absolute atomic E-state index is 12.0. The predicted octanol–water partition coefficient (Wildman–Crippen LogP) is 7.69. The highest BCUT2D eigenvalue weighted by Crippen LogP contribution is 2.16. The lowest BCUT2D eigenvalue weighted by atomic mass is 10.0. The Balaban J connectivity index is 3.90. The number of rotatable bonds is 25. The van der Waals surface area contributed by atoms with E-state index in [1.165, 1.54) is 96.3 Å². The predicted molar refractivity (Wildman–Crippen MR) is 147 cm³/mol. The van der Waals surface area contributed by atoms with Crippen molar-refractivity contribution in [3.05, 3.63) is 0 Å². The summed E-state index contributed by atoms with van der Waals surface area (Å²) in [6, 6.07) is 0. The molecule has 0 aliphatic heterocycles. The second-order valence-electron chi connectivity index (χ2n) is 11.0. The summed E-state index contributed by atoms with van der Waals surface area (Å²) < 4.78 is 6.36. The van der Waals surface area contributed by atoms with Crippen LogP contribution in [-0.4, -0.2) is 61.5 Å². The molecule has 0 bridgehead atoms. The van der Waals surface area contributed by atoms with Gasteiger partial charge in [-0.05, 0) is 19.8 Å². The number of carboxylic acid groups (broad SMARTS) is 1. The molecule has 0 aromatic rings. The number of nitrogens with one attached hydrogen (secondary N) is 1. The number of hydrogen-bond acceptors (Lipinski definition) is 3. The van der Waals surface area contributed by atoms with Crippen LogP contribution in [-0.2, 0) is 9.53 Å². The molecular formula is C29H59N2O4+. The summed E-state index contributed by atoms with van der Waals surface area (Å²) in [5.74, 6) is -0.756. The fourth-order valence-electron chi connectivity index (χ4n) is 4.75. The molecule has 208 valence electrons. The minimum Gasteiger partial charge on any atom is -0.481 e. The standard InChI is InChI=1S/C29H58N2O4/c1-5-7-8-9-10-11-12-13-14-15-16-17-18-19-20-21-23-27(35-29(34)30-6-2)26-31(3,4)25-22-24-28(32)33/h27H,5-26H2,1-4H3,(H-,30,32,33,34)/p+1. The van der Waals surface area contributed by atoms with Gasteiger partial charge in [0.25, 0.3) is 0 Å². The maximum atomic E-state index is 12.0. The number of carbonyl (C=O) groups excluding carboxylic acids is 1. The second-order valence-corrected chi connectivity index (χ2v) is 11.0. The van der Waals surface area contributed by atoms with Gasteiger partial charge in [0.05, 0.1) is 27.1 Å². The lowest BCUT2D eigenvalue weighted by Gasteiger charge is -2.33. The Morgan fingerprint density at radius 3 is 1.63 bits per heavy atom. The van der Waals surface area contributed by atoms with Crippen molar-refractivity contribution in [1.29, 1.82) is 0 Å². The van der Waals surface area contributed by atoms with Crippen molar-refractivity contribution in [3.8, 4) is 0 Å². The first-order valence-electron chi connectivity index (χ1n) is 14.8. The Morgan fingerprint density at radius 2 is 1.20 bits per heavy atom. The molecule has 0 aliphatic carbocycles. The third-order valence-corrected chi connectivity index (χ3v) is 6.83. The number of unbranched alkanes of at least 4 members (excludes halogenated alkanes) is 15. The summed E-state index contributed by atoms with van der Waals surface area (Å²) in [6.07, 6.45) is 22.7. The molecule has 0 aromatic carbocycles. The molecule has 0 aliphatic rings. The highest BCUT2D eigenvalue weighted by Gasteiger charge is 2.25. The van der Waals surface area contributed by atoms with Crippen molar-refractivity contribution < 1.29 is 23.9 Å². The number of carbonyl (C=O) groups is 2. The lowest BCUT2D eigenvalue weighted by molar-refractivity contribution is -0.893. The minimum absolute atomic E-state index is 0.131. The van der Waals surface area contributed by atoms with Gasteiger partial charge in [-0.3, -0.25) is 4.79 Å². The molecule has 6 heteroatoms. The Morgan fingerprint density at radius 1 is 0.743 bits per heavy atom. The average Bonchev–Trinajstić information content (AvgIpc) is 2.78. The van der Waals surface area contributed by atoms with Crippen LogP contribution < -0.4 is 5.32 Å². The first-order chi connectivity index (χ1) is 16.8. The third kappa shape index (κ3) is 24.2. The molecule has 1 unspecified atom stereocenters. The third-order valence-electron chi connectivity index (χ3n) is 6.83. The molecule has 0 rings (SSSR count). The van der Waals surface area contributed by atoms with Gasteiger partial charge in [-0.25, -0.2) is 4.79 Å². The number of aliphatic carboxylic acids is 1. The lowest BCUT2D eigenvalue weighted by Crippen LogP contribution is -2.48. The van der Waals surface area contributed by atoms with E-state index in [2.05, 4.69) is 26.3 Å². The molecule has 0 spiro atoms. The van der Waals surface area contributed by atoms with E-state index >= 15 is 0 Å². The van der Waals surface area contributed by atoms with Crippen LogP contribution in [0.25, 0.3) is 0 Å². The Bertz CT molecular complexity index is 511. The van der Waals surface area contributed by atoms with Crippen LogP contribution in [0.4, 0.5) is 4.79 Å². The molecule has 0 aromatic heterocycles. The minimum atomic E-state index is -0.756. The highest BCUT2D eigenvalue weighted by atomic mass is 16.6. The molecular weight excluding hydrogens is 440 g/mol. The number of ether oxygens (including phenoxy) is 1. The van der Waals surface area contributed by atoms with Gasteiger partial charge in [0.1, 0.15) is 6.54 Å². The molecule has 35 heavy (non-hydrogen) atoms. The maximum Gasteiger partial charge on any atom is 0.407 e. The van der Waals surface area contributed by atoms with E-state index in [4.69, 9.17) is 9.84 Å². The Kier molecular flexibility index (Phi) is 22.3. The van der Waals surface area contributed by atoms with Crippen molar-refractivity contribution in [2.75, 3.05) is 33.7 Å². The van der Waals surface area contributed by atoms with E-state index in [9.17, 15) is 9.59 Å². The van der Waals surface area contributed by atoms with Crippen molar-refractivity contribution in [3.63, 3.8) is 0 Å². The fourth-order valence-corrected chi connectivity index (χ4v) is 4.75. The van der Waals surface area contributed by atoms with Crippen LogP contribution in [0, 0.1) is 0 Å². The SMILES string of the molecule is CCCCCCCCCCCCCCCCCCC(C[N+](C)(C)CCCC(=O)O)OC(=O)NCC. The van der Waals surface area contributed by atoms with E-state index in [1.807, 2.05) is 6.92 Å². The molecule has 0 saturated heterocycles. The van der Waals surface area contributed by atoms with Gasteiger partial charge >= 0.3 is 12.1 Å². The van der Waals surface area contributed by atoms with Gasteiger partial charge in [-0.2, -0.15) is 0 Å². The number of likely N-dealkylation sites (N-methyl/N-ethyl adjacent to an activating group) is 1. The Hall–Kier alpha value is -1.30. The number of hydrogen-bond donors (Lipinski definition) is 2. The summed E-state index contributed by atoms with van der Waals surface area (Å²) in [5.41, 5.74) is 0. The zero-order valence-corrected chi connectivity index (χ0v) is 23.8. The van der Waals surface area contributed by atoms with Crippen LogP contribution in [0.2, 0.25) is 0 Å². The van der Waals surface area contributed by atoms with Gasteiger partial charge in [0.15, 0.2) is 6.10 Å². The molecule has 0 saturated carbocycles. The summed E-state index contributed by atoms with van der Waals surface area (Å²) in [7, 11) is 4.17. The molecule has 1 atom stereocenters. The molecule has 0 radical (unpaired) electrons. The Labute approximate surface area is 217 Å². The zero-order chi connectivity index (χ0) is 26.2. The van der Waals surface area contributed by atoms with E-state index in [-0.39, 0.29) is 18.6 Å². The van der Waals surface area contributed by atoms with E-state index in [0.717, 1.165) is 25.9 Å². The topological polar surface area (TPSA) is 75.6 Å². The van der Waals surface area contributed by atoms with Gasteiger partial charge in [-0.1, -0.05) is 103 Å². The van der Waals surface area contributed by atoms with Crippen molar-refractivity contribution >= 4 is 12.1 Å². The number of alkyl carbamates (subject to hydrolysis) is 1. The smallest absolute Gasteiger partial charge is 0.407 e. The van der Waals surface area contributed by atoms with Gasteiger partial charge in [0, 0.05) is 13.0 Å². The van der Waals surface area contributed by atoms with E-state index in [1.54, 1.807) is 0 Å². The van der Waals surface area contributed by atoms with Crippen LogP contribution in [0.5, 0.6) is 0 Å². The van der Waals surface area contributed by atoms with Crippen molar-refractivity contribution in [2.24, 2.45) is 0 Å². The van der Waals surface area contributed by atoms with Gasteiger partial charge in [-0.15, -0.1) is 0 Å². The first-order valence-corrected chi connectivity index (χ1v) is 14.8. The molecule has 2 N–H and O–H groups in total. The van der Waals surface area contributed by atoms with Crippen LogP contribution >= 0.6 is 0 Å². The normalized spacial score (nSPS) is 12.5. The van der Waals surface area contributed by atoms with E-state index in [0.29, 0.717) is 17.4 Å². The average molecular weight is 500 g/mol. The number of nitrogens with zero attached hydrogens (tertiary/aromatic N) is 1. The largest absolute Gasteiger partial charge is 0.481 e. The molecule has 0 heterocycles. The van der Waals surface area contributed by atoms with Gasteiger partial charge < -0.3 is 19.6 Å². The molecule has 1 amide bonds. The number of amides is 1. The van der Waals surface area contributed by atoms with Crippen molar-refractivity contribution in [2.45, 2.75) is 142 Å². The van der Waals surface area contributed by atoms with Crippen LogP contribution in [0.15, 0.2) is 0 Å². The van der Waals surface area contributed by atoms with Crippen LogP contribution in [0.1, 0.15) is 136 Å². The summed E-state index contributed by atoms with van der Waals surface area (Å²) >= 11 is 0. The summed E-state index contributed by atoms with van der Waals surface area (Å²) in [6.45, 7) is 6.20. The van der Waals surface area contributed by atoms with E-state index < -0.39 is 5.97 Å². The molecule has 0 fully saturated rings. The van der Waals surface area contributed by atoms with Gasteiger partial charge in [0.2, 0.25) is 0 Å². The summed E-state index contributed by atoms with van der Waals surface area (Å²) in [5, 5.41) is 11.6. The quantitative estimate of drug-likeness (QED) is 0.0997. The fraction of sp³-hybridized carbons (Fsp3) is 0.931. The summed E-state index contributed by atoms with van der Waals surface area (Å²) in [4.78, 5) is 22.8. The first kappa shape index (κ1) is 33.7.